The Bertz CT molecular complexity index is 179. The Kier molecular flexibility index (Phi) is 2.37. The monoisotopic (exact) mass is 183 g/mol. The van der Waals surface area contributed by atoms with E-state index in [1.807, 2.05) is 0 Å². The minimum atomic E-state index is -0.375. The standard InChI is InChI=1S/C11H21NO/c1-8-2-4-9(5-3-8)11(13)6-10(12)7-11/h8-10,13H,2-7,12H2,1H3. The first-order valence-electron chi connectivity index (χ1n) is 5.58. The fourth-order valence-electron chi connectivity index (χ4n) is 2.98. The molecule has 2 saturated carbocycles. The van der Waals surface area contributed by atoms with Crippen molar-refractivity contribution in [2.75, 3.05) is 0 Å². The molecule has 0 aromatic heterocycles. The van der Waals surface area contributed by atoms with Crippen molar-refractivity contribution in [3.05, 3.63) is 0 Å². The van der Waals surface area contributed by atoms with E-state index in [4.69, 9.17) is 5.73 Å². The Labute approximate surface area is 80.5 Å². The lowest BCUT2D eigenvalue weighted by atomic mass is 9.63. The zero-order chi connectivity index (χ0) is 9.47. The molecule has 2 aliphatic carbocycles. The molecule has 0 atom stereocenters. The van der Waals surface area contributed by atoms with Crippen molar-refractivity contribution in [2.45, 2.75) is 57.1 Å². The van der Waals surface area contributed by atoms with E-state index in [2.05, 4.69) is 6.92 Å². The quantitative estimate of drug-likeness (QED) is 0.649. The highest BCUT2D eigenvalue weighted by Gasteiger charge is 2.47. The van der Waals surface area contributed by atoms with Gasteiger partial charge in [0.15, 0.2) is 0 Å². The molecule has 3 N–H and O–H groups in total. The third-order valence-electron chi connectivity index (χ3n) is 4.01. The minimum absolute atomic E-state index is 0.268. The predicted octanol–water partition coefficient (Wildman–Crippen LogP) is 1.66. The molecular weight excluding hydrogens is 162 g/mol. The van der Waals surface area contributed by atoms with Crippen LogP contribution >= 0.6 is 0 Å². The summed E-state index contributed by atoms with van der Waals surface area (Å²) in [6.45, 7) is 2.31. The van der Waals surface area contributed by atoms with E-state index < -0.39 is 0 Å². The van der Waals surface area contributed by atoms with Gasteiger partial charge in [0.2, 0.25) is 0 Å². The highest BCUT2D eigenvalue weighted by molar-refractivity contribution is 5.01. The van der Waals surface area contributed by atoms with Gasteiger partial charge in [0.05, 0.1) is 5.60 Å². The maximum atomic E-state index is 10.2. The molecule has 0 heterocycles. The van der Waals surface area contributed by atoms with Crippen LogP contribution in [0.3, 0.4) is 0 Å². The third-order valence-corrected chi connectivity index (χ3v) is 4.01. The molecule has 0 aliphatic heterocycles. The van der Waals surface area contributed by atoms with Gasteiger partial charge in [-0.1, -0.05) is 19.8 Å². The average Bonchev–Trinajstić information content (AvgIpc) is 2.03. The smallest absolute Gasteiger partial charge is 0.0705 e. The van der Waals surface area contributed by atoms with Crippen molar-refractivity contribution >= 4 is 0 Å². The molecule has 13 heavy (non-hydrogen) atoms. The molecule has 0 spiro atoms. The molecule has 76 valence electrons. The summed E-state index contributed by atoms with van der Waals surface area (Å²) in [6.07, 6.45) is 6.69. The summed E-state index contributed by atoms with van der Waals surface area (Å²) in [5.74, 6) is 1.41. The molecule has 0 saturated heterocycles. The van der Waals surface area contributed by atoms with Crippen LogP contribution < -0.4 is 5.73 Å². The summed E-state index contributed by atoms with van der Waals surface area (Å²) in [7, 11) is 0. The normalized spacial score (nSPS) is 51.5. The Morgan fingerprint density at radius 3 is 2.15 bits per heavy atom. The lowest BCUT2D eigenvalue weighted by Gasteiger charge is -2.49. The first-order chi connectivity index (χ1) is 6.10. The van der Waals surface area contributed by atoms with Gasteiger partial charge < -0.3 is 10.8 Å². The van der Waals surface area contributed by atoms with E-state index in [0.29, 0.717) is 5.92 Å². The molecule has 0 bridgehead atoms. The summed E-state index contributed by atoms with van der Waals surface area (Å²) in [5.41, 5.74) is 5.35. The number of hydrogen-bond acceptors (Lipinski definition) is 2. The molecule has 2 rings (SSSR count). The van der Waals surface area contributed by atoms with Crippen LogP contribution in [0, 0.1) is 11.8 Å². The van der Waals surface area contributed by atoms with Crippen molar-refractivity contribution in [3.8, 4) is 0 Å². The Balaban J connectivity index is 1.88. The van der Waals surface area contributed by atoms with Crippen LogP contribution in [0.15, 0.2) is 0 Å². The summed E-state index contributed by atoms with van der Waals surface area (Å²) in [4.78, 5) is 0. The molecule has 0 unspecified atom stereocenters. The van der Waals surface area contributed by atoms with Crippen LogP contribution in [-0.4, -0.2) is 16.7 Å². The maximum absolute atomic E-state index is 10.2. The summed E-state index contributed by atoms with van der Waals surface area (Å²) in [5, 5.41) is 10.2. The van der Waals surface area contributed by atoms with E-state index in [0.717, 1.165) is 18.8 Å². The van der Waals surface area contributed by atoms with Crippen molar-refractivity contribution in [2.24, 2.45) is 17.6 Å². The fourth-order valence-corrected chi connectivity index (χ4v) is 2.98. The molecule has 2 aliphatic rings. The first kappa shape index (κ1) is 9.47. The van der Waals surface area contributed by atoms with Gasteiger partial charge in [0.1, 0.15) is 0 Å². The summed E-state index contributed by atoms with van der Waals surface area (Å²) < 4.78 is 0. The predicted molar refractivity (Wildman–Crippen MR) is 53.3 cm³/mol. The van der Waals surface area contributed by atoms with Crippen LogP contribution in [0.25, 0.3) is 0 Å². The Morgan fingerprint density at radius 1 is 1.15 bits per heavy atom. The van der Waals surface area contributed by atoms with Crippen LogP contribution in [0.1, 0.15) is 45.4 Å². The van der Waals surface area contributed by atoms with Gasteiger partial charge in [0.25, 0.3) is 0 Å². The summed E-state index contributed by atoms with van der Waals surface area (Å²) in [6, 6.07) is 0.268. The second-order valence-electron chi connectivity index (χ2n) is 5.23. The molecule has 0 radical (unpaired) electrons. The molecule has 0 aromatic rings. The average molecular weight is 183 g/mol. The number of aliphatic hydroxyl groups is 1. The van der Waals surface area contributed by atoms with Gasteiger partial charge in [0, 0.05) is 6.04 Å². The zero-order valence-corrected chi connectivity index (χ0v) is 8.50. The molecule has 2 fully saturated rings. The molecular formula is C11H21NO. The van der Waals surface area contributed by atoms with Crippen LogP contribution in [-0.2, 0) is 0 Å². The van der Waals surface area contributed by atoms with E-state index in [1.165, 1.54) is 25.7 Å². The molecule has 2 nitrogen and oxygen atoms in total. The second kappa shape index (κ2) is 3.25. The van der Waals surface area contributed by atoms with Gasteiger partial charge in [-0.25, -0.2) is 0 Å². The van der Waals surface area contributed by atoms with Crippen molar-refractivity contribution in [1.29, 1.82) is 0 Å². The topological polar surface area (TPSA) is 46.2 Å². The van der Waals surface area contributed by atoms with E-state index in [-0.39, 0.29) is 11.6 Å². The van der Waals surface area contributed by atoms with Crippen LogP contribution in [0.5, 0.6) is 0 Å². The fraction of sp³-hybridized carbons (Fsp3) is 1.00. The Morgan fingerprint density at radius 2 is 1.69 bits per heavy atom. The Hall–Kier alpha value is -0.0800. The van der Waals surface area contributed by atoms with Crippen molar-refractivity contribution in [1.82, 2.24) is 0 Å². The van der Waals surface area contributed by atoms with Gasteiger partial charge in [-0.05, 0) is 37.5 Å². The van der Waals surface area contributed by atoms with Gasteiger partial charge in [-0.3, -0.25) is 0 Å². The van der Waals surface area contributed by atoms with E-state index >= 15 is 0 Å². The highest BCUT2D eigenvalue weighted by atomic mass is 16.3. The first-order valence-corrected chi connectivity index (χ1v) is 5.58. The molecule has 2 heteroatoms. The molecule has 0 aromatic carbocycles. The highest BCUT2D eigenvalue weighted by Crippen LogP contribution is 2.45. The second-order valence-corrected chi connectivity index (χ2v) is 5.23. The van der Waals surface area contributed by atoms with Gasteiger partial charge in [-0.15, -0.1) is 0 Å². The van der Waals surface area contributed by atoms with Gasteiger partial charge >= 0.3 is 0 Å². The minimum Gasteiger partial charge on any atom is -0.389 e. The number of hydrogen-bond donors (Lipinski definition) is 2. The number of rotatable bonds is 1. The van der Waals surface area contributed by atoms with Crippen LogP contribution in [0.4, 0.5) is 0 Å². The third kappa shape index (κ3) is 1.75. The molecule has 0 amide bonds. The maximum Gasteiger partial charge on any atom is 0.0705 e. The van der Waals surface area contributed by atoms with Crippen molar-refractivity contribution in [3.63, 3.8) is 0 Å². The summed E-state index contributed by atoms with van der Waals surface area (Å²) >= 11 is 0. The number of nitrogens with two attached hydrogens (primary N) is 1. The van der Waals surface area contributed by atoms with E-state index in [9.17, 15) is 5.11 Å². The lowest BCUT2D eigenvalue weighted by molar-refractivity contribution is -0.107. The van der Waals surface area contributed by atoms with E-state index in [1.54, 1.807) is 0 Å². The van der Waals surface area contributed by atoms with Crippen LogP contribution in [0.2, 0.25) is 0 Å². The zero-order valence-electron chi connectivity index (χ0n) is 8.50. The van der Waals surface area contributed by atoms with Gasteiger partial charge in [-0.2, -0.15) is 0 Å². The largest absolute Gasteiger partial charge is 0.389 e. The SMILES string of the molecule is CC1CCC(C2(O)CC(N)C2)CC1. The lowest BCUT2D eigenvalue weighted by Crippen LogP contribution is -2.56. The van der Waals surface area contributed by atoms with Crippen molar-refractivity contribution < 1.29 is 5.11 Å².